The Hall–Kier alpha value is -2.81. The van der Waals surface area contributed by atoms with Crippen molar-refractivity contribution in [3.05, 3.63) is 92.9 Å². The fourth-order valence-electron chi connectivity index (χ4n) is 4.12. The normalized spacial score (nSPS) is 16.5. The van der Waals surface area contributed by atoms with Gasteiger partial charge in [-0.1, -0.05) is 39.7 Å². The molecule has 174 valence electrons. The van der Waals surface area contributed by atoms with E-state index in [0.29, 0.717) is 22.2 Å². The molecule has 0 radical (unpaired) electrons. The van der Waals surface area contributed by atoms with Crippen molar-refractivity contribution < 1.29 is 17.3 Å². The molecule has 34 heavy (non-hydrogen) atoms. The molecule has 0 amide bonds. The van der Waals surface area contributed by atoms with Crippen molar-refractivity contribution in [3.8, 4) is 28.6 Å². The Kier molecular flexibility index (Phi) is 5.91. The molecule has 0 aliphatic carbocycles. The third kappa shape index (κ3) is 4.21. The molecule has 0 spiro atoms. The van der Waals surface area contributed by atoms with E-state index in [9.17, 15) is 8.42 Å². The third-order valence-electron chi connectivity index (χ3n) is 5.82. The number of ether oxygens (including phenoxy) is 1. The summed E-state index contributed by atoms with van der Waals surface area (Å²) < 4.78 is 39.2. The van der Waals surface area contributed by atoms with E-state index in [1.54, 1.807) is 31.4 Å². The minimum atomic E-state index is -3.85. The lowest BCUT2D eigenvalue weighted by Crippen LogP contribution is -2.27. The van der Waals surface area contributed by atoms with Gasteiger partial charge in [-0.3, -0.25) is 0 Å². The average molecular weight is 560 g/mol. The Morgan fingerprint density at radius 1 is 1.09 bits per heavy atom. The Labute approximate surface area is 211 Å². The SMILES string of the molecule is COc1ccc(-c2nn(-c3ccc(Cl)cc3)c3c2C(c2ccc(Br)c(C)c2)CS(=O)(=O)O3)cc1. The van der Waals surface area contributed by atoms with Gasteiger partial charge in [-0.15, -0.1) is 0 Å². The predicted octanol–water partition coefficient (Wildman–Crippen LogP) is 6.13. The molecule has 0 saturated carbocycles. The van der Waals surface area contributed by atoms with Crippen molar-refractivity contribution in [2.75, 3.05) is 12.9 Å². The van der Waals surface area contributed by atoms with Gasteiger partial charge in [0, 0.05) is 21.0 Å². The van der Waals surface area contributed by atoms with Gasteiger partial charge in [0.1, 0.15) is 11.4 Å². The van der Waals surface area contributed by atoms with Crippen LogP contribution in [0.25, 0.3) is 16.9 Å². The molecule has 4 aromatic rings. The Bertz CT molecular complexity index is 1480. The first-order valence-electron chi connectivity index (χ1n) is 10.5. The summed E-state index contributed by atoms with van der Waals surface area (Å²) in [4.78, 5) is 0. The number of rotatable bonds is 4. The van der Waals surface area contributed by atoms with Crippen LogP contribution in [0.1, 0.15) is 22.6 Å². The fraction of sp³-hybridized carbons (Fsp3) is 0.160. The van der Waals surface area contributed by atoms with E-state index in [4.69, 9.17) is 25.6 Å². The molecule has 1 atom stereocenters. The molecule has 3 aromatic carbocycles. The van der Waals surface area contributed by atoms with Crippen LogP contribution >= 0.6 is 27.5 Å². The summed E-state index contributed by atoms with van der Waals surface area (Å²) in [6.07, 6.45) is 0. The zero-order valence-corrected chi connectivity index (χ0v) is 21.5. The second kappa shape index (κ2) is 8.76. The molecule has 0 bridgehead atoms. The van der Waals surface area contributed by atoms with Crippen molar-refractivity contribution in [1.29, 1.82) is 0 Å². The van der Waals surface area contributed by atoms with Crippen LogP contribution in [0.15, 0.2) is 71.2 Å². The predicted molar refractivity (Wildman–Crippen MR) is 136 cm³/mol. The lowest BCUT2D eigenvalue weighted by atomic mass is 9.90. The van der Waals surface area contributed by atoms with Crippen LogP contribution < -0.4 is 8.92 Å². The maximum Gasteiger partial charge on any atom is 0.311 e. The molecule has 1 aromatic heterocycles. The van der Waals surface area contributed by atoms with E-state index in [2.05, 4.69) is 15.9 Å². The summed E-state index contributed by atoms with van der Waals surface area (Å²) in [7, 11) is -2.25. The number of hydrogen-bond donors (Lipinski definition) is 0. The Morgan fingerprint density at radius 3 is 2.44 bits per heavy atom. The third-order valence-corrected chi connectivity index (χ3v) is 8.12. The van der Waals surface area contributed by atoms with Gasteiger partial charge in [-0.25, -0.2) is 0 Å². The van der Waals surface area contributed by atoms with Gasteiger partial charge < -0.3 is 8.92 Å². The summed E-state index contributed by atoms with van der Waals surface area (Å²) in [5, 5.41) is 5.40. The van der Waals surface area contributed by atoms with Gasteiger partial charge in [0.05, 0.1) is 24.1 Å². The van der Waals surface area contributed by atoms with Crippen LogP contribution in [0.2, 0.25) is 5.02 Å². The summed E-state index contributed by atoms with van der Waals surface area (Å²) in [5.74, 6) is 0.258. The fourth-order valence-corrected chi connectivity index (χ4v) is 5.73. The molecule has 1 aliphatic rings. The van der Waals surface area contributed by atoms with Crippen molar-refractivity contribution in [2.45, 2.75) is 12.8 Å². The topological polar surface area (TPSA) is 70.4 Å². The van der Waals surface area contributed by atoms with E-state index in [0.717, 1.165) is 26.7 Å². The summed E-state index contributed by atoms with van der Waals surface area (Å²) in [6, 6.07) is 20.4. The maximum absolute atomic E-state index is 12.9. The van der Waals surface area contributed by atoms with E-state index < -0.39 is 16.0 Å². The van der Waals surface area contributed by atoms with Crippen molar-refractivity contribution in [3.63, 3.8) is 0 Å². The van der Waals surface area contributed by atoms with Crippen LogP contribution in [-0.2, 0) is 10.1 Å². The van der Waals surface area contributed by atoms with Crippen LogP contribution in [0.4, 0.5) is 0 Å². The number of benzene rings is 3. The number of fused-ring (bicyclic) bond motifs is 1. The van der Waals surface area contributed by atoms with Gasteiger partial charge in [0.15, 0.2) is 0 Å². The highest BCUT2D eigenvalue weighted by molar-refractivity contribution is 9.10. The summed E-state index contributed by atoms with van der Waals surface area (Å²) in [6.45, 7) is 1.98. The standard InChI is InChI=1S/C25H20BrClN2O4S/c1-15-13-17(5-12-22(15)26)21-14-34(30,31)33-25-23(21)24(16-3-10-20(32-2)11-4-16)28-29(25)19-8-6-18(27)7-9-19/h3-13,21H,14H2,1-2H3. The summed E-state index contributed by atoms with van der Waals surface area (Å²) >= 11 is 9.61. The second-order valence-corrected chi connectivity index (χ2v) is 11.0. The largest absolute Gasteiger partial charge is 0.497 e. The average Bonchev–Trinajstić information content (AvgIpc) is 3.19. The monoisotopic (exact) mass is 558 g/mol. The number of methoxy groups -OCH3 is 1. The second-order valence-electron chi connectivity index (χ2n) is 8.05. The summed E-state index contributed by atoms with van der Waals surface area (Å²) in [5.41, 5.74) is 4.72. The van der Waals surface area contributed by atoms with Gasteiger partial charge in [0.2, 0.25) is 5.88 Å². The van der Waals surface area contributed by atoms with Crippen molar-refractivity contribution >= 4 is 37.6 Å². The van der Waals surface area contributed by atoms with E-state index in [1.165, 1.54) is 4.68 Å². The smallest absolute Gasteiger partial charge is 0.311 e. The molecule has 0 fully saturated rings. The molecular weight excluding hydrogens is 540 g/mol. The lowest BCUT2D eigenvalue weighted by Gasteiger charge is -2.25. The number of hydrogen-bond acceptors (Lipinski definition) is 5. The van der Waals surface area contributed by atoms with Gasteiger partial charge in [-0.2, -0.15) is 18.2 Å². The minimum Gasteiger partial charge on any atom is -0.497 e. The Morgan fingerprint density at radius 2 is 1.79 bits per heavy atom. The van der Waals surface area contributed by atoms with Gasteiger partial charge >= 0.3 is 10.1 Å². The molecule has 5 rings (SSSR count). The molecule has 9 heteroatoms. The van der Waals surface area contributed by atoms with Gasteiger partial charge in [-0.05, 0) is 72.6 Å². The molecular formula is C25H20BrClN2O4S. The highest BCUT2D eigenvalue weighted by Gasteiger charge is 2.39. The van der Waals surface area contributed by atoms with E-state index >= 15 is 0 Å². The van der Waals surface area contributed by atoms with Crippen molar-refractivity contribution in [1.82, 2.24) is 9.78 Å². The van der Waals surface area contributed by atoms with Crippen LogP contribution in [0.3, 0.4) is 0 Å². The zero-order chi connectivity index (χ0) is 24.0. The number of nitrogens with zero attached hydrogens (tertiary/aromatic N) is 2. The molecule has 6 nitrogen and oxygen atoms in total. The quantitative estimate of drug-likeness (QED) is 0.282. The molecule has 2 heterocycles. The first-order chi connectivity index (χ1) is 16.3. The van der Waals surface area contributed by atoms with E-state index in [1.807, 2.05) is 49.4 Å². The molecule has 0 saturated heterocycles. The van der Waals surface area contributed by atoms with E-state index in [-0.39, 0.29) is 11.6 Å². The minimum absolute atomic E-state index is 0.184. The molecule has 0 N–H and O–H groups in total. The highest BCUT2D eigenvalue weighted by atomic mass is 79.9. The number of aromatic nitrogens is 2. The van der Waals surface area contributed by atoms with Gasteiger partial charge in [0.25, 0.3) is 0 Å². The number of aryl methyl sites for hydroxylation is 1. The van der Waals surface area contributed by atoms with Crippen LogP contribution in [0.5, 0.6) is 11.6 Å². The number of halogens is 2. The zero-order valence-electron chi connectivity index (χ0n) is 18.3. The molecule has 1 unspecified atom stereocenters. The van der Waals surface area contributed by atoms with Crippen LogP contribution in [-0.4, -0.2) is 31.1 Å². The van der Waals surface area contributed by atoms with Crippen LogP contribution in [0, 0.1) is 6.92 Å². The lowest BCUT2D eigenvalue weighted by molar-refractivity contribution is 0.415. The Balaban J connectivity index is 1.78. The highest BCUT2D eigenvalue weighted by Crippen LogP contribution is 2.45. The maximum atomic E-state index is 12.9. The first-order valence-corrected chi connectivity index (χ1v) is 13.2. The van der Waals surface area contributed by atoms with Crippen molar-refractivity contribution in [2.24, 2.45) is 0 Å². The molecule has 1 aliphatic heterocycles. The first kappa shape index (κ1) is 23.0.